The molecule has 3 aliphatic rings. The zero-order valence-electron chi connectivity index (χ0n) is 15.2. The molecule has 136 valence electrons. The van der Waals surface area contributed by atoms with Crippen molar-refractivity contribution in [2.75, 3.05) is 4.90 Å². The lowest BCUT2D eigenvalue weighted by Gasteiger charge is -2.18. The van der Waals surface area contributed by atoms with Crippen molar-refractivity contribution in [3.05, 3.63) is 71.8 Å². The van der Waals surface area contributed by atoms with Gasteiger partial charge in [-0.15, -0.1) is 0 Å². The average molecular weight is 359 g/mol. The van der Waals surface area contributed by atoms with Crippen LogP contribution in [-0.2, 0) is 16.2 Å². The van der Waals surface area contributed by atoms with Gasteiger partial charge in [-0.05, 0) is 42.9 Å². The van der Waals surface area contributed by atoms with E-state index in [-0.39, 0.29) is 35.5 Å². The molecule has 1 saturated heterocycles. The number of carbonyl (C=O) groups excluding carboxylic acids is 2. The molecule has 2 amide bonds. The topological polar surface area (TPSA) is 46.6 Å². The molecule has 2 aromatic carbocycles. The lowest BCUT2D eigenvalue weighted by atomic mass is 9.85. The molecule has 4 atom stereocenters. The molecule has 1 heterocycles. The maximum atomic E-state index is 12.9. The van der Waals surface area contributed by atoms with Gasteiger partial charge in [-0.25, -0.2) is 4.90 Å². The predicted octanol–water partition coefficient (Wildman–Crippen LogP) is 3.89. The van der Waals surface area contributed by atoms with Crippen LogP contribution in [-0.4, -0.2) is 11.8 Å². The number of hydrogen-bond donors (Lipinski definition) is 0. The molecule has 2 fully saturated rings. The standard InChI is InChI=1S/C23H21NO3/c1-14-5-7-15(8-6-14)13-27-19-4-2-3-18(12-19)24-22(25)20-16-9-10-17(11-16)21(20)23(24)26/h2-10,12,16-17,20-21H,11,13H2,1H3. The third kappa shape index (κ3) is 2.59. The normalized spacial score (nSPS) is 28.1. The molecule has 0 N–H and O–H groups in total. The lowest BCUT2D eigenvalue weighted by molar-refractivity contribution is -0.123. The van der Waals surface area contributed by atoms with Crippen molar-refractivity contribution in [1.29, 1.82) is 0 Å². The maximum Gasteiger partial charge on any atom is 0.238 e. The third-order valence-electron chi connectivity index (χ3n) is 6.07. The highest BCUT2D eigenvalue weighted by Crippen LogP contribution is 2.53. The number of aryl methyl sites for hydroxylation is 1. The largest absolute Gasteiger partial charge is 0.489 e. The molecule has 4 nitrogen and oxygen atoms in total. The summed E-state index contributed by atoms with van der Waals surface area (Å²) in [7, 11) is 0. The van der Waals surface area contributed by atoms with Crippen LogP contribution in [0.5, 0.6) is 5.75 Å². The van der Waals surface area contributed by atoms with Crippen LogP contribution in [0.25, 0.3) is 0 Å². The summed E-state index contributed by atoms with van der Waals surface area (Å²) in [5.74, 6) is 0.640. The highest BCUT2D eigenvalue weighted by molar-refractivity contribution is 6.22. The molecular formula is C23H21NO3. The summed E-state index contributed by atoms with van der Waals surface area (Å²) >= 11 is 0. The molecule has 5 rings (SSSR count). The number of imide groups is 1. The minimum Gasteiger partial charge on any atom is -0.489 e. The molecule has 1 saturated carbocycles. The van der Waals surface area contributed by atoms with Crippen LogP contribution in [0, 0.1) is 30.6 Å². The first-order chi connectivity index (χ1) is 13.1. The first kappa shape index (κ1) is 16.3. The molecule has 27 heavy (non-hydrogen) atoms. The number of nitrogens with zero attached hydrogens (tertiary/aromatic N) is 1. The van der Waals surface area contributed by atoms with E-state index in [1.54, 1.807) is 6.07 Å². The van der Waals surface area contributed by atoms with Gasteiger partial charge in [0, 0.05) is 6.07 Å². The average Bonchev–Trinajstić information content (AvgIpc) is 3.35. The van der Waals surface area contributed by atoms with Gasteiger partial charge >= 0.3 is 0 Å². The zero-order valence-corrected chi connectivity index (χ0v) is 15.2. The van der Waals surface area contributed by atoms with Gasteiger partial charge in [-0.3, -0.25) is 9.59 Å². The van der Waals surface area contributed by atoms with E-state index >= 15 is 0 Å². The summed E-state index contributed by atoms with van der Waals surface area (Å²) in [6.45, 7) is 2.50. The number of allylic oxidation sites excluding steroid dienone is 2. The molecule has 2 aliphatic carbocycles. The third-order valence-corrected chi connectivity index (χ3v) is 6.07. The molecular weight excluding hydrogens is 338 g/mol. The second-order valence-corrected chi connectivity index (χ2v) is 7.78. The predicted molar refractivity (Wildman–Crippen MR) is 102 cm³/mol. The highest BCUT2D eigenvalue weighted by Gasteiger charge is 2.59. The van der Waals surface area contributed by atoms with Crippen molar-refractivity contribution in [3.8, 4) is 5.75 Å². The van der Waals surface area contributed by atoms with Crippen molar-refractivity contribution in [1.82, 2.24) is 0 Å². The second kappa shape index (κ2) is 6.08. The first-order valence-corrected chi connectivity index (χ1v) is 9.46. The fourth-order valence-corrected chi connectivity index (χ4v) is 4.72. The summed E-state index contributed by atoms with van der Waals surface area (Å²) in [4.78, 5) is 27.3. The minimum atomic E-state index is -0.176. The van der Waals surface area contributed by atoms with E-state index in [1.807, 2.05) is 30.3 Å². The smallest absolute Gasteiger partial charge is 0.238 e. The Bertz CT molecular complexity index is 916. The van der Waals surface area contributed by atoms with E-state index in [2.05, 4.69) is 31.2 Å². The van der Waals surface area contributed by atoms with E-state index in [1.165, 1.54) is 10.5 Å². The summed E-state index contributed by atoms with van der Waals surface area (Å²) < 4.78 is 5.89. The molecule has 1 aliphatic heterocycles. The number of hydrogen-bond acceptors (Lipinski definition) is 3. The summed E-state index contributed by atoms with van der Waals surface area (Å²) in [6.07, 6.45) is 5.17. The Morgan fingerprint density at radius 1 is 0.963 bits per heavy atom. The van der Waals surface area contributed by atoms with Gasteiger partial charge in [-0.2, -0.15) is 0 Å². The SMILES string of the molecule is Cc1ccc(COc2cccc(N3C(=O)C4C5C=CC(C5)C4C3=O)c2)cc1. The Morgan fingerprint density at radius 3 is 2.30 bits per heavy atom. The van der Waals surface area contributed by atoms with E-state index < -0.39 is 0 Å². The van der Waals surface area contributed by atoms with E-state index in [4.69, 9.17) is 4.74 Å². The van der Waals surface area contributed by atoms with Gasteiger partial charge in [-0.1, -0.05) is 48.0 Å². The van der Waals surface area contributed by atoms with Crippen LogP contribution in [0.3, 0.4) is 0 Å². The Morgan fingerprint density at radius 2 is 1.63 bits per heavy atom. The highest BCUT2D eigenvalue weighted by atomic mass is 16.5. The number of fused-ring (bicyclic) bond motifs is 5. The summed E-state index contributed by atoms with van der Waals surface area (Å²) in [6, 6.07) is 15.5. The molecule has 0 aromatic heterocycles. The quantitative estimate of drug-likeness (QED) is 0.615. The van der Waals surface area contributed by atoms with Crippen molar-refractivity contribution in [2.24, 2.45) is 23.7 Å². The van der Waals surface area contributed by atoms with E-state index in [9.17, 15) is 9.59 Å². The maximum absolute atomic E-state index is 12.9. The number of anilines is 1. The zero-order chi connectivity index (χ0) is 18.5. The van der Waals surface area contributed by atoms with Gasteiger partial charge in [0.25, 0.3) is 0 Å². The molecule has 0 spiro atoms. The minimum absolute atomic E-state index is 0.0578. The van der Waals surface area contributed by atoms with Crippen molar-refractivity contribution in [2.45, 2.75) is 20.0 Å². The Balaban J connectivity index is 1.36. The van der Waals surface area contributed by atoms with Crippen LogP contribution in [0.4, 0.5) is 5.69 Å². The molecule has 0 radical (unpaired) electrons. The number of ether oxygens (including phenoxy) is 1. The summed E-state index contributed by atoms with van der Waals surface area (Å²) in [5, 5.41) is 0. The number of benzene rings is 2. The van der Waals surface area contributed by atoms with Crippen molar-refractivity contribution < 1.29 is 14.3 Å². The van der Waals surface area contributed by atoms with Crippen LogP contribution >= 0.6 is 0 Å². The van der Waals surface area contributed by atoms with Crippen LogP contribution < -0.4 is 9.64 Å². The fraction of sp³-hybridized carbons (Fsp3) is 0.304. The Labute approximate surface area is 158 Å². The Kier molecular flexibility index (Phi) is 3.67. The molecule has 2 bridgehead atoms. The van der Waals surface area contributed by atoms with E-state index in [0.29, 0.717) is 18.0 Å². The second-order valence-electron chi connectivity index (χ2n) is 7.78. The van der Waals surface area contributed by atoms with Crippen molar-refractivity contribution >= 4 is 17.5 Å². The molecule has 4 unspecified atom stereocenters. The molecule has 4 heteroatoms. The van der Waals surface area contributed by atoms with Crippen LogP contribution in [0.2, 0.25) is 0 Å². The first-order valence-electron chi connectivity index (χ1n) is 9.46. The van der Waals surface area contributed by atoms with Gasteiger partial charge in [0.1, 0.15) is 12.4 Å². The van der Waals surface area contributed by atoms with Crippen LogP contribution in [0.1, 0.15) is 17.5 Å². The number of carbonyl (C=O) groups is 2. The van der Waals surface area contributed by atoms with Gasteiger partial charge < -0.3 is 4.74 Å². The van der Waals surface area contributed by atoms with Gasteiger partial charge in [0.2, 0.25) is 11.8 Å². The Hall–Kier alpha value is -2.88. The molecule has 2 aromatic rings. The number of amides is 2. The monoisotopic (exact) mass is 359 g/mol. The van der Waals surface area contributed by atoms with Gasteiger partial charge in [0.15, 0.2) is 0 Å². The summed E-state index contributed by atoms with van der Waals surface area (Å²) in [5.41, 5.74) is 2.90. The lowest BCUT2D eigenvalue weighted by Crippen LogP contribution is -2.32. The van der Waals surface area contributed by atoms with Crippen LogP contribution in [0.15, 0.2) is 60.7 Å². The van der Waals surface area contributed by atoms with Crippen molar-refractivity contribution in [3.63, 3.8) is 0 Å². The fourth-order valence-electron chi connectivity index (χ4n) is 4.72. The van der Waals surface area contributed by atoms with Gasteiger partial charge in [0.05, 0.1) is 17.5 Å². The van der Waals surface area contributed by atoms with E-state index in [0.717, 1.165) is 12.0 Å². The number of rotatable bonds is 4.